The molecule has 0 saturated carbocycles. The first-order valence-electron chi connectivity index (χ1n) is 6.84. The highest BCUT2D eigenvalue weighted by Crippen LogP contribution is 2.17. The second-order valence-electron chi connectivity index (χ2n) is 4.68. The van der Waals surface area contributed by atoms with Crippen LogP contribution >= 0.6 is 27.7 Å². The van der Waals surface area contributed by atoms with Gasteiger partial charge < -0.3 is 0 Å². The van der Waals surface area contributed by atoms with E-state index in [-0.39, 0.29) is 4.90 Å². The second kappa shape index (κ2) is 8.50. The van der Waals surface area contributed by atoms with E-state index in [1.807, 2.05) is 18.2 Å². The molecule has 2 aromatic carbocycles. The number of nitrogens with one attached hydrogen (secondary N) is 1. The number of benzene rings is 2. The van der Waals surface area contributed by atoms with Crippen LogP contribution in [0.25, 0.3) is 0 Å². The van der Waals surface area contributed by atoms with E-state index in [1.165, 1.54) is 0 Å². The zero-order valence-corrected chi connectivity index (χ0v) is 15.4. The van der Waals surface area contributed by atoms with E-state index in [0.29, 0.717) is 23.6 Å². The predicted molar refractivity (Wildman–Crippen MR) is 96.6 cm³/mol. The molecule has 4 nitrogen and oxygen atoms in total. The minimum atomic E-state index is -3.49. The van der Waals surface area contributed by atoms with Gasteiger partial charge >= 0.3 is 0 Å². The van der Waals surface area contributed by atoms with Crippen LogP contribution in [0.4, 0.5) is 0 Å². The molecule has 0 fully saturated rings. The summed E-state index contributed by atoms with van der Waals surface area (Å²) in [4.78, 5) is 0.242. The fraction of sp³-hybridized carbons (Fsp3) is 0.188. The maximum atomic E-state index is 12.1. The second-order valence-corrected chi connectivity index (χ2v) is 8.46. The molecule has 0 radical (unpaired) electrons. The minimum absolute atomic E-state index is 0.242. The lowest BCUT2D eigenvalue weighted by Crippen LogP contribution is -2.26. The van der Waals surface area contributed by atoms with Crippen LogP contribution in [0.2, 0.25) is 0 Å². The summed E-state index contributed by atoms with van der Waals surface area (Å²) in [5, 5.41) is 9.02. The molecule has 0 heterocycles. The Morgan fingerprint density at radius 3 is 2.70 bits per heavy atom. The Balaban J connectivity index is 1.82. The van der Waals surface area contributed by atoms with E-state index < -0.39 is 10.0 Å². The Hall–Kier alpha value is -1.33. The van der Waals surface area contributed by atoms with Gasteiger partial charge in [-0.05, 0) is 29.8 Å². The van der Waals surface area contributed by atoms with E-state index >= 15 is 0 Å². The molecule has 0 atom stereocenters. The zero-order valence-electron chi connectivity index (χ0n) is 12.2. The molecule has 0 bridgehead atoms. The van der Waals surface area contributed by atoms with E-state index in [9.17, 15) is 8.42 Å². The van der Waals surface area contributed by atoms with Crippen molar-refractivity contribution >= 4 is 37.7 Å². The van der Waals surface area contributed by atoms with E-state index in [1.54, 1.807) is 42.1 Å². The number of hydrogen-bond donors (Lipinski definition) is 1. The molecule has 2 aromatic rings. The van der Waals surface area contributed by atoms with Crippen molar-refractivity contribution in [1.29, 1.82) is 5.26 Å². The number of halogens is 1. The third-order valence-electron chi connectivity index (χ3n) is 3.04. The quantitative estimate of drug-likeness (QED) is 0.708. The average molecular weight is 411 g/mol. The van der Waals surface area contributed by atoms with Crippen LogP contribution < -0.4 is 4.72 Å². The summed E-state index contributed by atoms with van der Waals surface area (Å²) in [5.74, 6) is 1.31. The maximum Gasteiger partial charge on any atom is 0.240 e. The standard InChI is InChI=1S/C16H15BrN2O2S2/c17-15-6-3-7-16(10-15)23(20,21)19-8-9-22-12-14-5-2-1-4-13(14)11-18/h1-7,10,19H,8-9,12H2. The minimum Gasteiger partial charge on any atom is -0.210 e. The first-order valence-corrected chi connectivity index (χ1v) is 10.3. The lowest BCUT2D eigenvalue weighted by molar-refractivity contribution is 0.584. The number of hydrogen-bond acceptors (Lipinski definition) is 4. The van der Waals surface area contributed by atoms with Crippen LogP contribution in [0.3, 0.4) is 0 Å². The predicted octanol–water partition coefficient (Wildman–Crippen LogP) is 3.53. The smallest absolute Gasteiger partial charge is 0.210 e. The van der Waals surface area contributed by atoms with Crippen LogP contribution in [0.15, 0.2) is 57.9 Å². The van der Waals surface area contributed by atoms with Crippen molar-refractivity contribution in [2.45, 2.75) is 10.6 Å². The highest BCUT2D eigenvalue weighted by atomic mass is 79.9. The van der Waals surface area contributed by atoms with Crippen LogP contribution in [0.5, 0.6) is 0 Å². The summed E-state index contributed by atoms with van der Waals surface area (Å²) in [6, 6.07) is 16.2. The molecule has 0 aliphatic heterocycles. The normalized spacial score (nSPS) is 11.1. The molecule has 0 aromatic heterocycles. The molecule has 120 valence electrons. The van der Waals surface area contributed by atoms with E-state index in [4.69, 9.17) is 5.26 Å². The van der Waals surface area contributed by atoms with Crippen LogP contribution in [-0.4, -0.2) is 20.7 Å². The SMILES string of the molecule is N#Cc1ccccc1CSCCNS(=O)(=O)c1cccc(Br)c1. The van der Waals surface area contributed by atoms with Gasteiger partial charge in [0.15, 0.2) is 0 Å². The molecule has 0 saturated heterocycles. The van der Waals surface area contributed by atoms with Gasteiger partial charge in [0.05, 0.1) is 16.5 Å². The van der Waals surface area contributed by atoms with Crippen molar-refractivity contribution in [1.82, 2.24) is 4.72 Å². The van der Waals surface area contributed by atoms with Crippen molar-refractivity contribution in [2.75, 3.05) is 12.3 Å². The molecule has 0 amide bonds. The fourth-order valence-electron chi connectivity index (χ4n) is 1.90. The Kier molecular flexibility index (Phi) is 6.66. The molecule has 7 heteroatoms. The largest absolute Gasteiger partial charge is 0.240 e. The maximum absolute atomic E-state index is 12.1. The van der Waals surface area contributed by atoms with Gasteiger partial charge in [-0.2, -0.15) is 17.0 Å². The van der Waals surface area contributed by atoms with Gasteiger partial charge in [0.2, 0.25) is 10.0 Å². The summed E-state index contributed by atoms with van der Waals surface area (Å²) >= 11 is 4.85. The number of nitrogens with zero attached hydrogens (tertiary/aromatic N) is 1. The van der Waals surface area contributed by atoms with Gasteiger partial charge in [0, 0.05) is 22.5 Å². The molecule has 0 aliphatic rings. The Morgan fingerprint density at radius 2 is 1.96 bits per heavy atom. The molecule has 2 rings (SSSR count). The summed E-state index contributed by atoms with van der Waals surface area (Å²) < 4.78 is 27.6. The zero-order chi connectivity index (χ0) is 16.7. The topological polar surface area (TPSA) is 70.0 Å². The van der Waals surface area contributed by atoms with Crippen molar-refractivity contribution in [3.63, 3.8) is 0 Å². The van der Waals surface area contributed by atoms with Crippen LogP contribution in [0, 0.1) is 11.3 Å². The van der Waals surface area contributed by atoms with Gasteiger partial charge in [0.1, 0.15) is 0 Å². The Bertz CT molecular complexity index is 817. The number of nitriles is 1. The third-order valence-corrected chi connectivity index (χ3v) is 6.00. The van der Waals surface area contributed by atoms with Crippen molar-refractivity contribution < 1.29 is 8.42 Å². The first-order chi connectivity index (χ1) is 11.0. The van der Waals surface area contributed by atoms with Gasteiger partial charge in [-0.1, -0.05) is 40.2 Å². The molecule has 1 N–H and O–H groups in total. The summed E-state index contributed by atoms with van der Waals surface area (Å²) in [5.41, 5.74) is 1.63. The summed E-state index contributed by atoms with van der Waals surface area (Å²) in [6.07, 6.45) is 0. The molecule has 23 heavy (non-hydrogen) atoms. The summed E-state index contributed by atoms with van der Waals surface area (Å²) in [7, 11) is -3.49. The molecule has 0 unspecified atom stereocenters. The Morgan fingerprint density at radius 1 is 1.17 bits per heavy atom. The van der Waals surface area contributed by atoms with Crippen LogP contribution in [-0.2, 0) is 15.8 Å². The van der Waals surface area contributed by atoms with Crippen molar-refractivity contribution in [3.8, 4) is 6.07 Å². The molecular weight excluding hydrogens is 396 g/mol. The van der Waals surface area contributed by atoms with Crippen LogP contribution in [0.1, 0.15) is 11.1 Å². The van der Waals surface area contributed by atoms with Gasteiger partial charge in [-0.15, -0.1) is 0 Å². The Labute approximate surface area is 149 Å². The van der Waals surface area contributed by atoms with Crippen molar-refractivity contribution in [2.24, 2.45) is 0 Å². The molecule has 0 spiro atoms. The molecular formula is C16H15BrN2O2S2. The van der Waals surface area contributed by atoms with Crippen molar-refractivity contribution in [3.05, 3.63) is 64.1 Å². The number of sulfonamides is 1. The monoisotopic (exact) mass is 410 g/mol. The fourth-order valence-corrected chi connectivity index (χ4v) is 4.52. The van der Waals surface area contributed by atoms with Gasteiger partial charge in [-0.25, -0.2) is 13.1 Å². The summed E-state index contributed by atoms with van der Waals surface area (Å²) in [6.45, 7) is 0.342. The first kappa shape index (κ1) is 18.0. The van der Waals surface area contributed by atoms with Gasteiger partial charge in [-0.3, -0.25) is 0 Å². The van der Waals surface area contributed by atoms with E-state index in [0.717, 1.165) is 10.0 Å². The lowest BCUT2D eigenvalue weighted by Gasteiger charge is -2.07. The van der Waals surface area contributed by atoms with Gasteiger partial charge in [0.25, 0.3) is 0 Å². The van der Waals surface area contributed by atoms with E-state index in [2.05, 4.69) is 26.7 Å². The lowest BCUT2D eigenvalue weighted by atomic mass is 10.1. The number of thioether (sulfide) groups is 1. The average Bonchev–Trinajstić information content (AvgIpc) is 2.55. The highest BCUT2D eigenvalue weighted by Gasteiger charge is 2.13. The number of rotatable bonds is 7. The highest BCUT2D eigenvalue weighted by molar-refractivity contribution is 9.10. The molecule has 0 aliphatic carbocycles. The third kappa shape index (κ3) is 5.36.